The molecule has 0 aliphatic carbocycles. The summed E-state index contributed by atoms with van der Waals surface area (Å²) in [5, 5.41) is 9.49. The van der Waals surface area contributed by atoms with Gasteiger partial charge in [0.05, 0.1) is 12.2 Å². The Labute approximate surface area is 86.3 Å². The Hall–Kier alpha value is -1.40. The first-order valence-corrected chi connectivity index (χ1v) is 4.76. The number of ether oxygens (including phenoxy) is 1. The number of aromatic nitrogens is 2. The monoisotopic (exact) mass is 211 g/mol. The van der Waals surface area contributed by atoms with Gasteiger partial charge in [-0.05, 0) is 13.0 Å². The van der Waals surface area contributed by atoms with Crippen molar-refractivity contribution in [3.63, 3.8) is 0 Å². The first-order valence-electron chi connectivity index (χ1n) is 4.76. The third-order valence-electron chi connectivity index (χ3n) is 2.52. The van der Waals surface area contributed by atoms with Crippen LogP contribution in [0, 0.1) is 0 Å². The molecule has 3 N–H and O–H groups in total. The Morgan fingerprint density at radius 3 is 3.00 bits per heavy atom. The van der Waals surface area contributed by atoms with Crippen molar-refractivity contribution in [2.75, 3.05) is 5.73 Å². The van der Waals surface area contributed by atoms with E-state index in [1.165, 1.54) is 16.8 Å². The Kier molecular flexibility index (Phi) is 2.45. The molecule has 1 fully saturated rings. The highest BCUT2D eigenvalue weighted by Crippen LogP contribution is 2.26. The van der Waals surface area contributed by atoms with Gasteiger partial charge >= 0.3 is 5.69 Å². The zero-order valence-corrected chi connectivity index (χ0v) is 8.33. The summed E-state index contributed by atoms with van der Waals surface area (Å²) >= 11 is 0. The Balaban J connectivity index is 2.28. The lowest BCUT2D eigenvalue weighted by molar-refractivity contribution is -0.0100. The molecule has 1 saturated heterocycles. The molecule has 0 radical (unpaired) electrons. The van der Waals surface area contributed by atoms with Crippen molar-refractivity contribution in [3.8, 4) is 0 Å². The number of anilines is 1. The zero-order valence-electron chi connectivity index (χ0n) is 8.33. The standard InChI is InChI=1S/C9H13N3O3/c1-5-6(13)4-8(15-5)12-3-2-7(10)11-9(12)14/h2-3,5-6,8,13H,4H2,1H3,(H2,10,11,14)/t5-,6?,8-/m1/s1. The fraction of sp³-hybridized carbons (Fsp3) is 0.556. The second-order valence-corrected chi connectivity index (χ2v) is 3.64. The topological polar surface area (TPSA) is 90.4 Å². The van der Waals surface area contributed by atoms with Crippen LogP contribution in [-0.4, -0.2) is 26.9 Å². The Morgan fingerprint density at radius 2 is 2.47 bits per heavy atom. The van der Waals surface area contributed by atoms with Crippen molar-refractivity contribution in [1.29, 1.82) is 0 Å². The molecule has 0 bridgehead atoms. The number of aliphatic hydroxyl groups excluding tert-OH is 1. The van der Waals surface area contributed by atoms with Gasteiger partial charge < -0.3 is 15.6 Å². The molecule has 1 aromatic heterocycles. The van der Waals surface area contributed by atoms with E-state index in [1.54, 1.807) is 6.92 Å². The molecule has 82 valence electrons. The summed E-state index contributed by atoms with van der Waals surface area (Å²) in [5.41, 5.74) is 4.91. The van der Waals surface area contributed by atoms with Crippen LogP contribution in [0.2, 0.25) is 0 Å². The quantitative estimate of drug-likeness (QED) is 0.653. The smallest absolute Gasteiger partial charge is 0.351 e. The van der Waals surface area contributed by atoms with Crippen molar-refractivity contribution in [2.45, 2.75) is 31.8 Å². The third-order valence-corrected chi connectivity index (χ3v) is 2.52. The van der Waals surface area contributed by atoms with E-state index in [0.717, 1.165) is 0 Å². The molecule has 1 aliphatic rings. The molecule has 0 amide bonds. The number of hydrogen-bond donors (Lipinski definition) is 2. The number of rotatable bonds is 1. The van der Waals surface area contributed by atoms with Gasteiger partial charge in [0, 0.05) is 12.6 Å². The van der Waals surface area contributed by atoms with Crippen LogP contribution in [0.3, 0.4) is 0 Å². The summed E-state index contributed by atoms with van der Waals surface area (Å²) in [6.45, 7) is 1.76. The van der Waals surface area contributed by atoms with Gasteiger partial charge in [0.1, 0.15) is 12.0 Å². The lowest BCUT2D eigenvalue weighted by Gasteiger charge is -2.12. The first kappa shape index (κ1) is 10.1. The zero-order chi connectivity index (χ0) is 11.0. The molecule has 3 atom stereocenters. The number of nitrogen functional groups attached to an aromatic ring is 1. The minimum absolute atomic E-state index is 0.183. The van der Waals surface area contributed by atoms with E-state index in [1.807, 2.05) is 0 Å². The Morgan fingerprint density at radius 1 is 1.73 bits per heavy atom. The fourth-order valence-electron chi connectivity index (χ4n) is 1.62. The van der Waals surface area contributed by atoms with Crippen molar-refractivity contribution in [1.82, 2.24) is 9.55 Å². The minimum Gasteiger partial charge on any atom is -0.390 e. The van der Waals surface area contributed by atoms with Crippen LogP contribution in [0.15, 0.2) is 17.1 Å². The predicted octanol–water partition coefficient (Wildman–Crippen LogP) is -0.506. The van der Waals surface area contributed by atoms with E-state index in [9.17, 15) is 9.90 Å². The fourth-order valence-corrected chi connectivity index (χ4v) is 1.62. The van der Waals surface area contributed by atoms with Gasteiger partial charge in [-0.25, -0.2) is 4.79 Å². The van der Waals surface area contributed by atoms with E-state index >= 15 is 0 Å². The predicted molar refractivity (Wildman–Crippen MR) is 53.1 cm³/mol. The maximum atomic E-state index is 11.5. The van der Waals surface area contributed by atoms with Crippen molar-refractivity contribution in [3.05, 3.63) is 22.7 Å². The van der Waals surface area contributed by atoms with Gasteiger partial charge in [0.25, 0.3) is 0 Å². The molecule has 1 aliphatic heterocycles. The summed E-state index contributed by atoms with van der Waals surface area (Å²) in [6, 6.07) is 1.53. The van der Waals surface area contributed by atoms with Gasteiger partial charge in [0.15, 0.2) is 0 Å². The van der Waals surface area contributed by atoms with Crippen LogP contribution < -0.4 is 11.4 Å². The highest BCUT2D eigenvalue weighted by atomic mass is 16.5. The maximum absolute atomic E-state index is 11.5. The van der Waals surface area contributed by atoms with Gasteiger partial charge in [-0.2, -0.15) is 4.98 Å². The highest BCUT2D eigenvalue weighted by molar-refractivity contribution is 5.23. The third kappa shape index (κ3) is 1.86. The van der Waals surface area contributed by atoms with E-state index in [2.05, 4.69) is 4.98 Å². The molecule has 6 nitrogen and oxygen atoms in total. The number of nitrogens with zero attached hydrogens (tertiary/aromatic N) is 2. The van der Waals surface area contributed by atoms with Crippen LogP contribution in [0.1, 0.15) is 19.6 Å². The SMILES string of the molecule is C[C@H]1O[C@@H](n2ccc(N)nc2=O)CC1O. The van der Waals surface area contributed by atoms with E-state index in [-0.39, 0.29) is 11.9 Å². The molecule has 2 rings (SSSR count). The molecule has 15 heavy (non-hydrogen) atoms. The summed E-state index contributed by atoms with van der Waals surface area (Å²) in [5.74, 6) is 0.183. The largest absolute Gasteiger partial charge is 0.390 e. The lowest BCUT2D eigenvalue weighted by Crippen LogP contribution is -2.27. The summed E-state index contributed by atoms with van der Waals surface area (Å²) in [7, 11) is 0. The number of nitrogens with two attached hydrogens (primary N) is 1. The summed E-state index contributed by atoms with van der Waals surface area (Å²) in [4.78, 5) is 15.0. The molecule has 2 heterocycles. The molecular weight excluding hydrogens is 198 g/mol. The van der Waals surface area contributed by atoms with Gasteiger partial charge in [0.2, 0.25) is 0 Å². The number of aliphatic hydroxyl groups is 1. The highest BCUT2D eigenvalue weighted by Gasteiger charge is 2.32. The van der Waals surface area contributed by atoms with Crippen molar-refractivity contribution in [2.24, 2.45) is 0 Å². The number of hydrogen-bond acceptors (Lipinski definition) is 5. The van der Waals surface area contributed by atoms with Gasteiger partial charge in [-0.3, -0.25) is 4.57 Å². The van der Waals surface area contributed by atoms with E-state index in [4.69, 9.17) is 10.5 Å². The minimum atomic E-state index is -0.542. The molecule has 6 heteroatoms. The Bertz CT molecular complexity index is 407. The molecule has 0 spiro atoms. The van der Waals surface area contributed by atoms with Gasteiger partial charge in [-0.15, -0.1) is 0 Å². The van der Waals surface area contributed by atoms with E-state index < -0.39 is 18.0 Å². The second kappa shape index (κ2) is 3.63. The van der Waals surface area contributed by atoms with Crippen LogP contribution >= 0.6 is 0 Å². The molecule has 0 aromatic carbocycles. The van der Waals surface area contributed by atoms with Crippen LogP contribution in [-0.2, 0) is 4.74 Å². The normalized spacial score (nSPS) is 30.7. The lowest BCUT2D eigenvalue weighted by atomic mass is 10.2. The average Bonchev–Trinajstić information content (AvgIpc) is 2.46. The average molecular weight is 211 g/mol. The maximum Gasteiger partial charge on any atom is 0.351 e. The van der Waals surface area contributed by atoms with Crippen LogP contribution in [0.4, 0.5) is 5.82 Å². The molecule has 1 aromatic rings. The summed E-state index contributed by atoms with van der Waals surface area (Å²) in [6.07, 6.45) is 0.668. The first-order chi connectivity index (χ1) is 7.08. The second-order valence-electron chi connectivity index (χ2n) is 3.64. The van der Waals surface area contributed by atoms with E-state index in [0.29, 0.717) is 6.42 Å². The van der Waals surface area contributed by atoms with Crippen molar-refractivity contribution < 1.29 is 9.84 Å². The van der Waals surface area contributed by atoms with Crippen LogP contribution in [0.25, 0.3) is 0 Å². The molecular formula is C9H13N3O3. The van der Waals surface area contributed by atoms with Crippen molar-refractivity contribution >= 4 is 5.82 Å². The van der Waals surface area contributed by atoms with Crippen LogP contribution in [0.5, 0.6) is 0 Å². The van der Waals surface area contributed by atoms with Gasteiger partial charge in [-0.1, -0.05) is 0 Å². The molecule has 1 unspecified atom stereocenters. The molecule has 0 saturated carbocycles. The summed E-state index contributed by atoms with van der Waals surface area (Å²) < 4.78 is 6.75.